The summed E-state index contributed by atoms with van der Waals surface area (Å²) in [6, 6.07) is 3.94. The Kier molecular flexibility index (Phi) is 4.57. The zero-order valence-electron chi connectivity index (χ0n) is 12.2. The Balaban J connectivity index is 1.78. The third-order valence-corrected chi connectivity index (χ3v) is 3.32. The maximum atomic E-state index is 10.4. The molecule has 0 aliphatic rings. The Bertz CT molecular complexity index is 519. The van der Waals surface area contributed by atoms with Gasteiger partial charge in [-0.05, 0) is 39.3 Å². The van der Waals surface area contributed by atoms with E-state index in [0.29, 0.717) is 12.3 Å². The van der Waals surface area contributed by atoms with Crippen molar-refractivity contribution in [2.24, 2.45) is 0 Å². The molecule has 0 amide bonds. The van der Waals surface area contributed by atoms with Gasteiger partial charge in [-0.25, -0.2) is 4.98 Å². The van der Waals surface area contributed by atoms with E-state index in [1.807, 2.05) is 19.1 Å². The number of rotatable bonds is 7. The van der Waals surface area contributed by atoms with Crippen LogP contribution in [0.4, 0.5) is 0 Å². The summed E-state index contributed by atoms with van der Waals surface area (Å²) in [5, 5.41) is 17.8. The average Bonchev–Trinajstić information content (AvgIpc) is 3.05. The van der Waals surface area contributed by atoms with Crippen LogP contribution in [0.1, 0.15) is 31.8 Å². The number of aliphatic hydroxyl groups is 1. The molecule has 0 radical (unpaired) electrons. The van der Waals surface area contributed by atoms with Crippen LogP contribution >= 0.6 is 0 Å². The van der Waals surface area contributed by atoms with Crippen molar-refractivity contribution in [3.63, 3.8) is 0 Å². The Morgan fingerprint density at radius 2 is 2.30 bits per heavy atom. The molecule has 0 aromatic carbocycles. The van der Waals surface area contributed by atoms with E-state index in [9.17, 15) is 5.11 Å². The number of aromatic nitrogens is 3. The summed E-state index contributed by atoms with van der Waals surface area (Å²) in [6.45, 7) is 6.95. The number of nitrogens with one attached hydrogen (secondary N) is 1. The summed E-state index contributed by atoms with van der Waals surface area (Å²) in [6.07, 6.45) is 4.15. The first-order valence-electron chi connectivity index (χ1n) is 6.82. The van der Waals surface area contributed by atoms with Gasteiger partial charge in [0.25, 0.3) is 0 Å². The van der Waals surface area contributed by atoms with Gasteiger partial charge in [-0.15, -0.1) is 0 Å². The van der Waals surface area contributed by atoms with E-state index in [-0.39, 0.29) is 6.04 Å². The minimum atomic E-state index is -1.00. The molecule has 2 heterocycles. The van der Waals surface area contributed by atoms with E-state index in [1.165, 1.54) is 6.33 Å². The lowest BCUT2D eigenvalue weighted by molar-refractivity contribution is 0.0309. The summed E-state index contributed by atoms with van der Waals surface area (Å²) in [4.78, 5) is 3.91. The van der Waals surface area contributed by atoms with Crippen LogP contribution in [-0.4, -0.2) is 32.5 Å². The van der Waals surface area contributed by atoms with Crippen molar-refractivity contribution in [2.45, 2.75) is 45.4 Å². The molecule has 0 saturated heterocycles. The van der Waals surface area contributed by atoms with Crippen molar-refractivity contribution in [1.29, 1.82) is 0 Å². The molecule has 110 valence electrons. The quantitative estimate of drug-likeness (QED) is 0.802. The van der Waals surface area contributed by atoms with E-state index in [4.69, 9.17) is 4.42 Å². The molecule has 0 aliphatic heterocycles. The molecular formula is C14H22N4O2. The normalized spacial score (nSPS) is 16.0. The fourth-order valence-corrected chi connectivity index (χ4v) is 1.96. The van der Waals surface area contributed by atoms with Gasteiger partial charge >= 0.3 is 0 Å². The van der Waals surface area contributed by atoms with E-state index < -0.39 is 5.60 Å². The second-order valence-electron chi connectivity index (χ2n) is 5.41. The molecule has 2 aromatic heterocycles. The molecule has 20 heavy (non-hydrogen) atoms. The third kappa shape index (κ3) is 3.91. The molecule has 0 bridgehead atoms. The second kappa shape index (κ2) is 6.19. The molecule has 0 spiro atoms. The first-order chi connectivity index (χ1) is 9.47. The van der Waals surface area contributed by atoms with Crippen molar-refractivity contribution in [2.75, 3.05) is 6.54 Å². The van der Waals surface area contributed by atoms with Gasteiger partial charge in [-0.3, -0.25) is 4.68 Å². The van der Waals surface area contributed by atoms with Crippen molar-refractivity contribution in [3.05, 3.63) is 36.3 Å². The molecule has 0 fully saturated rings. The van der Waals surface area contributed by atoms with E-state index in [2.05, 4.69) is 22.3 Å². The lowest BCUT2D eigenvalue weighted by atomic mass is 10.0. The highest BCUT2D eigenvalue weighted by Crippen LogP contribution is 2.22. The van der Waals surface area contributed by atoms with E-state index in [0.717, 1.165) is 18.7 Å². The van der Waals surface area contributed by atoms with Gasteiger partial charge in [-0.2, -0.15) is 5.10 Å². The summed E-state index contributed by atoms with van der Waals surface area (Å²) in [5.41, 5.74) is -1.00. The number of aryl methyl sites for hydroxylation is 2. The summed E-state index contributed by atoms with van der Waals surface area (Å²) in [7, 11) is 0. The van der Waals surface area contributed by atoms with Gasteiger partial charge in [0.05, 0.1) is 0 Å². The molecule has 2 rings (SSSR count). The number of nitrogens with zero attached hydrogens (tertiary/aromatic N) is 3. The van der Waals surface area contributed by atoms with Gasteiger partial charge in [0.2, 0.25) is 0 Å². The molecule has 6 nitrogen and oxygen atoms in total. The van der Waals surface area contributed by atoms with E-state index >= 15 is 0 Å². The van der Waals surface area contributed by atoms with Crippen LogP contribution in [0, 0.1) is 6.92 Å². The number of hydrogen-bond donors (Lipinski definition) is 2. The Morgan fingerprint density at radius 3 is 2.90 bits per heavy atom. The van der Waals surface area contributed by atoms with Crippen LogP contribution in [-0.2, 0) is 12.1 Å². The zero-order valence-corrected chi connectivity index (χ0v) is 12.2. The summed E-state index contributed by atoms with van der Waals surface area (Å²) < 4.78 is 7.28. The predicted molar refractivity (Wildman–Crippen MR) is 75.1 cm³/mol. The first-order valence-corrected chi connectivity index (χ1v) is 6.82. The summed E-state index contributed by atoms with van der Waals surface area (Å²) in [5.74, 6) is 1.39. The number of furan rings is 1. The topological polar surface area (TPSA) is 76.1 Å². The van der Waals surface area contributed by atoms with Crippen molar-refractivity contribution >= 4 is 0 Å². The van der Waals surface area contributed by atoms with Gasteiger partial charge in [-0.1, -0.05) is 0 Å². The van der Waals surface area contributed by atoms with Crippen molar-refractivity contribution < 1.29 is 9.52 Å². The highest BCUT2D eigenvalue weighted by molar-refractivity contribution is 5.12. The van der Waals surface area contributed by atoms with Gasteiger partial charge in [0.15, 0.2) is 0 Å². The van der Waals surface area contributed by atoms with Crippen LogP contribution < -0.4 is 5.32 Å². The lowest BCUT2D eigenvalue weighted by Crippen LogP contribution is -2.39. The minimum Gasteiger partial charge on any atom is -0.463 e. The predicted octanol–water partition coefficient (Wildman–Crippen LogP) is 1.46. The van der Waals surface area contributed by atoms with Crippen LogP contribution in [0.3, 0.4) is 0 Å². The monoisotopic (exact) mass is 278 g/mol. The smallest absolute Gasteiger partial charge is 0.137 e. The standard InChI is InChI=1S/C14H22N4O2/c1-11(6-7-18-10-15-9-17-18)16-8-14(3,19)13-5-4-12(2)20-13/h4-5,9-11,16,19H,6-8H2,1-3H3. The largest absolute Gasteiger partial charge is 0.463 e. The average molecular weight is 278 g/mol. The molecule has 2 aromatic rings. The van der Waals surface area contributed by atoms with Crippen LogP contribution in [0.2, 0.25) is 0 Å². The maximum absolute atomic E-state index is 10.4. The van der Waals surface area contributed by atoms with Crippen molar-refractivity contribution in [1.82, 2.24) is 20.1 Å². The molecule has 2 N–H and O–H groups in total. The number of hydrogen-bond acceptors (Lipinski definition) is 5. The van der Waals surface area contributed by atoms with Gasteiger partial charge in [0.1, 0.15) is 29.8 Å². The highest BCUT2D eigenvalue weighted by atomic mass is 16.4. The van der Waals surface area contributed by atoms with Crippen molar-refractivity contribution in [3.8, 4) is 0 Å². The van der Waals surface area contributed by atoms with E-state index in [1.54, 1.807) is 17.9 Å². The minimum absolute atomic E-state index is 0.265. The Hall–Kier alpha value is -1.66. The summed E-state index contributed by atoms with van der Waals surface area (Å²) >= 11 is 0. The second-order valence-corrected chi connectivity index (χ2v) is 5.41. The van der Waals surface area contributed by atoms with Gasteiger partial charge in [0, 0.05) is 19.1 Å². The maximum Gasteiger partial charge on any atom is 0.137 e. The Labute approximate surface area is 118 Å². The first kappa shape index (κ1) is 14.7. The molecule has 0 saturated carbocycles. The molecule has 2 unspecified atom stereocenters. The van der Waals surface area contributed by atoms with Crippen LogP contribution in [0.15, 0.2) is 29.2 Å². The van der Waals surface area contributed by atoms with Crippen LogP contribution in [0.25, 0.3) is 0 Å². The fraction of sp³-hybridized carbons (Fsp3) is 0.571. The molecule has 6 heteroatoms. The Morgan fingerprint density at radius 1 is 1.50 bits per heavy atom. The third-order valence-electron chi connectivity index (χ3n) is 3.32. The molecular weight excluding hydrogens is 256 g/mol. The van der Waals surface area contributed by atoms with Crippen LogP contribution in [0.5, 0.6) is 0 Å². The zero-order chi connectivity index (χ0) is 14.6. The fourth-order valence-electron chi connectivity index (χ4n) is 1.96. The molecule has 2 atom stereocenters. The van der Waals surface area contributed by atoms with Gasteiger partial charge < -0.3 is 14.8 Å². The lowest BCUT2D eigenvalue weighted by Gasteiger charge is -2.24. The molecule has 0 aliphatic carbocycles. The highest BCUT2D eigenvalue weighted by Gasteiger charge is 2.26. The SMILES string of the molecule is Cc1ccc(C(C)(O)CNC(C)CCn2cncn2)o1.